The molecule has 0 saturated carbocycles. The molecule has 2 atom stereocenters. The third-order valence-electron chi connectivity index (χ3n) is 2.65. The first-order chi connectivity index (χ1) is 7.59. The summed E-state index contributed by atoms with van der Waals surface area (Å²) < 4.78 is 11.2. The van der Waals surface area contributed by atoms with Crippen molar-refractivity contribution in [3.63, 3.8) is 0 Å². The van der Waals surface area contributed by atoms with Crippen LogP contribution in [0.25, 0.3) is 0 Å². The molecule has 1 rings (SSSR count). The van der Waals surface area contributed by atoms with Gasteiger partial charge in [0.05, 0.1) is 6.61 Å². The minimum atomic E-state index is -0.174. The van der Waals surface area contributed by atoms with Crippen LogP contribution in [0.2, 0.25) is 0 Å². The van der Waals surface area contributed by atoms with Gasteiger partial charge in [-0.15, -0.1) is 6.58 Å². The maximum atomic E-state index is 5.73. The highest BCUT2D eigenvalue weighted by Gasteiger charge is 2.22. The van der Waals surface area contributed by atoms with Gasteiger partial charge in [-0.2, -0.15) is 0 Å². The lowest BCUT2D eigenvalue weighted by Crippen LogP contribution is -2.19. The Kier molecular flexibility index (Phi) is 4.81. The van der Waals surface area contributed by atoms with Gasteiger partial charge < -0.3 is 9.47 Å². The van der Waals surface area contributed by atoms with E-state index in [9.17, 15) is 0 Å². The number of allylic oxidation sites excluding steroid dienone is 5. The van der Waals surface area contributed by atoms with Crippen LogP contribution >= 0.6 is 0 Å². The van der Waals surface area contributed by atoms with Gasteiger partial charge in [0.15, 0.2) is 6.29 Å². The van der Waals surface area contributed by atoms with Crippen molar-refractivity contribution >= 4 is 0 Å². The first-order valence-corrected chi connectivity index (χ1v) is 5.90. The molecule has 0 spiro atoms. The predicted molar refractivity (Wildman–Crippen MR) is 66.9 cm³/mol. The molecule has 90 valence electrons. The van der Waals surface area contributed by atoms with Crippen LogP contribution in [0.4, 0.5) is 0 Å². The molecule has 0 amide bonds. The molecule has 0 heterocycles. The number of rotatable bonds is 6. The molecule has 0 fully saturated rings. The van der Waals surface area contributed by atoms with Crippen LogP contribution in [0.15, 0.2) is 36.6 Å². The third kappa shape index (κ3) is 3.86. The highest BCUT2D eigenvalue weighted by Crippen LogP contribution is 2.33. The summed E-state index contributed by atoms with van der Waals surface area (Å²) in [4.78, 5) is 0. The SMILES string of the molecule is C=CC1(C)C=CC=C(OC(C)OCCC)C1. The van der Waals surface area contributed by atoms with Crippen molar-refractivity contribution in [1.82, 2.24) is 0 Å². The summed E-state index contributed by atoms with van der Waals surface area (Å²) in [6, 6.07) is 0. The lowest BCUT2D eigenvalue weighted by atomic mass is 9.83. The van der Waals surface area contributed by atoms with Crippen molar-refractivity contribution in [3.05, 3.63) is 36.6 Å². The minimum absolute atomic E-state index is 0.00849. The monoisotopic (exact) mass is 222 g/mol. The highest BCUT2D eigenvalue weighted by atomic mass is 16.7. The summed E-state index contributed by atoms with van der Waals surface area (Å²) in [5.41, 5.74) is 0.00849. The topological polar surface area (TPSA) is 18.5 Å². The molecule has 0 N–H and O–H groups in total. The van der Waals surface area contributed by atoms with E-state index in [4.69, 9.17) is 9.47 Å². The maximum absolute atomic E-state index is 5.73. The van der Waals surface area contributed by atoms with Gasteiger partial charge in [0.25, 0.3) is 0 Å². The Bertz CT molecular complexity index is 291. The summed E-state index contributed by atoms with van der Waals surface area (Å²) in [6.07, 6.45) is 9.81. The molecule has 0 bridgehead atoms. The summed E-state index contributed by atoms with van der Waals surface area (Å²) in [5, 5.41) is 0. The number of hydrogen-bond donors (Lipinski definition) is 0. The molecule has 2 unspecified atom stereocenters. The Labute approximate surface area is 98.6 Å². The summed E-state index contributed by atoms with van der Waals surface area (Å²) >= 11 is 0. The van der Waals surface area contributed by atoms with Crippen LogP contribution in [0.1, 0.15) is 33.6 Å². The van der Waals surface area contributed by atoms with Crippen molar-refractivity contribution in [2.24, 2.45) is 5.41 Å². The molecule has 0 saturated heterocycles. The second-order valence-electron chi connectivity index (χ2n) is 4.44. The molecule has 0 aromatic carbocycles. The largest absolute Gasteiger partial charge is 0.470 e. The zero-order chi connectivity index (χ0) is 12.0. The van der Waals surface area contributed by atoms with Crippen LogP contribution < -0.4 is 0 Å². The van der Waals surface area contributed by atoms with Crippen LogP contribution in [-0.4, -0.2) is 12.9 Å². The Morgan fingerprint density at radius 1 is 1.62 bits per heavy atom. The normalized spacial score (nSPS) is 26.1. The van der Waals surface area contributed by atoms with Gasteiger partial charge in [0, 0.05) is 11.8 Å². The fourth-order valence-corrected chi connectivity index (χ4v) is 1.62. The zero-order valence-electron chi connectivity index (χ0n) is 10.5. The Morgan fingerprint density at radius 2 is 2.38 bits per heavy atom. The molecule has 0 aromatic rings. The van der Waals surface area contributed by atoms with Gasteiger partial charge in [0.2, 0.25) is 0 Å². The zero-order valence-corrected chi connectivity index (χ0v) is 10.5. The Hall–Kier alpha value is -1.02. The van der Waals surface area contributed by atoms with Crippen molar-refractivity contribution in [3.8, 4) is 0 Å². The standard InChI is InChI=1S/C14H22O2/c1-5-10-15-12(3)16-13-8-7-9-14(4,6-2)11-13/h6-9,12H,2,5,10-11H2,1,3-4H3. The molecular formula is C14H22O2. The quantitative estimate of drug-likeness (QED) is 0.502. The molecule has 0 aromatic heterocycles. The number of ether oxygens (including phenoxy) is 2. The Balaban J connectivity index is 2.47. The van der Waals surface area contributed by atoms with E-state index < -0.39 is 0 Å². The molecule has 2 nitrogen and oxygen atoms in total. The van der Waals surface area contributed by atoms with Gasteiger partial charge in [-0.1, -0.05) is 32.1 Å². The molecule has 1 aliphatic rings. The predicted octanol–water partition coefficient (Wildman–Crippen LogP) is 3.81. The van der Waals surface area contributed by atoms with E-state index in [1.54, 1.807) is 0 Å². The van der Waals surface area contributed by atoms with Crippen molar-refractivity contribution in [2.75, 3.05) is 6.61 Å². The smallest absolute Gasteiger partial charge is 0.196 e. The van der Waals surface area contributed by atoms with Crippen LogP contribution in [0.5, 0.6) is 0 Å². The molecule has 16 heavy (non-hydrogen) atoms. The van der Waals surface area contributed by atoms with Crippen molar-refractivity contribution in [1.29, 1.82) is 0 Å². The Morgan fingerprint density at radius 3 is 3.00 bits per heavy atom. The molecule has 2 heteroatoms. The van der Waals surface area contributed by atoms with E-state index in [1.807, 2.05) is 25.2 Å². The first kappa shape index (κ1) is 13.0. The summed E-state index contributed by atoms with van der Waals surface area (Å²) in [6.45, 7) is 10.8. The van der Waals surface area contributed by atoms with E-state index in [1.165, 1.54) is 0 Å². The first-order valence-electron chi connectivity index (χ1n) is 5.90. The van der Waals surface area contributed by atoms with Crippen LogP contribution in [0, 0.1) is 5.41 Å². The van der Waals surface area contributed by atoms with Crippen molar-refractivity contribution < 1.29 is 9.47 Å². The second kappa shape index (κ2) is 5.90. The lowest BCUT2D eigenvalue weighted by molar-refractivity contribution is -0.106. The van der Waals surface area contributed by atoms with Gasteiger partial charge >= 0.3 is 0 Å². The summed E-state index contributed by atoms with van der Waals surface area (Å²) in [7, 11) is 0. The minimum Gasteiger partial charge on any atom is -0.470 e. The van der Waals surface area contributed by atoms with Crippen LogP contribution in [0.3, 0.4) is 0 Å². The van der Waals surface area contributed by atoms with E-state index in [-0.39, 0.29) is 11.7 Å². The van der Waals surface area contributed by atoms with Crippen molar-refractivity contribution in [2.45, 2.75) is 39.9 Å². The van der Waals surface area contributed by atoms with Crippen LogP contribution in [-0.2, 0) is 9.47 Å². The highest BCUT2D eigenvalue weighted by molar-refractivity contribution is 5.23. The molecule has 0 aliphatic heterocycles. The fraction of sp³-hybridized carbons (Fsp3) is 0.571. The van der Waals surface area contributed by atoms with E-state index in [0.717, 1.165) is 25.2 Å². The molecule has 1 aliphatic carbocycles. The fourth-order valence-electron chi connectivity index (χ4n) is 1.62. The average Bonchev–Trinajstić information content (AvgIpc) is 2.26. The van der Waals surface area contributed by atoms with Gasteiger partial charge in [-0.25, -0.2) is 0 Å². The van der Waals surface area contributed by atoms with E-state index in [0.29, 0.717) is 0 Å². The average molecular weight is 222 g/mol. The van der Waals surface area contributed by atoms with Gasteiger partial charge in [0.1, 0.15) is 5.76 Å². The lowest BCUT2D eigenvalue weighted by Gasteiger charge is -2.27. The second-order valence-corrected chi connectivity index (χ2v) is 4.44. The maximum Gasteiger partial charge on any atom is 0.196 e. The van der Waals surface area contributed by atoms with Gasteiger partial charge in [-0.05, 0) is 19.4 Å². The van der Waals surface area contributed by atoms with E-state index >= 15 is 0 Å². The molecular weight excluding hydrogens is 200 g/mol. The number of hydrogen-bond acceptors (Lipinski definition) is 2. The van der Waals surface area contributed by atoms with Gasteiger partial charge in [-0.3, -0.25) is 0 Å². The molecule has 0 radical (unpaired) electrons. The summed E-state index contributed by atoms with van der Waals surface area (Å²) in [5.74, 6) is 0.966. The van der Waals surface area contributed by atoms with E-state index in [2.05, 4.69) is 26.5 Å². The third-order valence-corrected chi connectivity index (χ3v) is 2.65.